The van der Waals surface area contributed by atoms with Crippen LogP contribution in [0.15, 0.2) is 42.7 Å². The van der Waals surface area contributed by atoms with Crippen molar-refractivity contribution in [1.29, 1.82) is 0 Å². The van der Waals surface area contributed by atoms with Crippen molar-refractivity contribution < 1.29 is 23.0 Å². The zero-order valence-electron chi connectivity index (χ0n) is 19.9. The molecular formula is C25H26F2N6O3. The van der Waals surface area contributed by atoms with E-state index in [2.05, 4.69) is 20.5 Å². The Balaban J connectivity index is 1.31. The molecule has 3 aromatic heterocycles. The number of fused-ring (bicyclic) bond motifs is 1. The first-order chi connectivity index (χ1) is 17.4. The Morgan fingerprint density at radius 3 is 2.64 bits per heavy atom. The van der Waals surface area contributed by atoms with E-state index in [0.717, 1.165) is 22.9 Å². The quantitative estimate of drug-likeness (QED) is 0.338. The molecule has 1 saturated carbocycles. The second kappa shape index (κ2) is 9.92. The normalized spacial score (nSPS) is 13.4. The van der Waals surface area contributed by atoms with E-state index in [4.69, 9.17) is 9.47 Å². The highest BCUT2D eigenvalue weighted by atomic mass is 19.3. The van der Waals surface area contributed by atoms with E-state index in [9.17, 15) is 13.6 Å². The molecule has 9 nitrogen and oxygen atoms in total. The van der Waals surface area contributed by atoms with Crippen LogP contribution in [0.3, 0.4) is 0 Å². The fourth-order valence-corrected chi connectivity index (χ4v) is 3.96. The van der Waals surface area contributed by atoms with Gasteiger partial charge in [-0.25, -0.2) is 18.3 Å². The molecule has 0 radical (unpaired) electrons. The van der Waals surface area contributed by atoms with Gasteiger partial charge in [0.05, 0.1) is 31.6 Å². The average molecular weight is 497 g/mol. The van der Waals surface area contributed by atoms with Crippen molar-refractivity contribution in [2.45, 2.75) is 45.6 Å². The van der Waals surface area contributed by atoms with Gasteiger partial charge < -0.3 is 14.8 Å². The molecule has 0 bridgehead atoms. The number of nitrogens with zero attached hydrogens (tertiary/aromatic N) is 5. The lowest BCUT2D eigenvalue weighted by atomic mass is 10.2. The number of carbonyl (C=O) groups excluding carboxylic acids is 1. The first-order valence-electron chi connectivity index (χ1n) is 11.9. The lowest BCUT2D eigenvalue weighted by Gasteiger charge is -2.12. The number of hydrogen-bond donors (Lipinski definition) is 1. The van der Waals surface area contributed by atoms with Crippen LogP contribution in [-0.4, -0.2) is 43.5 Å². The van der Waals surface area contributed by atoms with Gasteiger partial charge in [-0.3, -0.25) is 9.48 Å². The molecule has 1 aromatic carbocycles. The maximum Gasteiger partial charge on any atom is 0.280 e. The summed E-state index contributed by atoms with van der Waals surface area (Å²) >= 11 is 0. The van der Waals surface area contributed by atoms with E-state index >= 15 is 0 Å². The standard InChI is InChI=1S/C25H26F2N6O3/c1-3-35-21-8-5-15(9-22(21)36-4-2)13-32-14-17(12-28-32)29-25(34)19-11-23-30-18(16-6-7-16)10-20(24(26)27)33(23)31-19/h5,8-12,14,16,24H,3-4,6-7,13H2,1-2H3,(H,29,34). The molecule has 4 aromatic rings. The summed E-state index contributed by atoms with van der Waals surface area (Å²) in [5.41, 5.74) is 1.98. The van der Waals surface area contributed by atoms with Crippen molar-refractivity contribution in [2.24, 2.45) is 0 Å². The predicted octanol–water partition coefficient (Wildman–Crippen LogP) is 4.84. The number of aromatic nitrogens is 5. The van der Waals surface area contributed by atoms with Crippen LogP contribution in [0.4, 0.5) is 14.5 Å². The summed E-state index contributed by atoms with van der Waals surface area (Å²) in [5, 5.41) is 11.1. The number of amides is 1. The SMILES string of the molecule is CCOc1ccc(Cn2cc(NC(=O)c3cc4nc(C5CC5)cc(C(F)F)n4n3)cn2)cc1OCC. The molecule has 0 spiro atoms. The van der Waals surface area contributed by atoms with Gasteiger partial charge in [0, 0.05) is 23.9 Å². The minimum absolute atomic E-state index is 0.00188. The highest BCUT2D eigenvalue weighted by Gasteiger charge is 2.28. The van der Waals surface area contributed by atoms with E-state index in [1.807, 2.05) is 32.0 Å². The van der Waals surface area contributed by atoms with Crippen LogP contribution in [0.1, 0.15) is 66.5 Å². The van der Waals surface area contributed by atoms with E-state index in [1.165, 1.54) is 18.3 Å². The molecule has 1 aliphatic rings. The van der Waals surface area contributed by atoms with Crippen LogP contribution < -0.4 is 14.8 Å². The maximum absolute atomic E-state index is 13.6. The van der Waals surface area contributed by atoms with Gasteiger partial charge in [-0.15, -0.1) is 0 Å². The van der Waals surface area contributed by atoms with Crippen LogP contribution in [-0.2, 0) is 6.54 Å². The topological polar surface area (TPSA) is 95.6 Å². The van der Waals surface area contributed by atoms with Gasteiger partial charge in [0.25, 0.3) is 12.3 Å². The molecular weight excluding hydrogens is 470 g/mol. The van der Waals surface area contributed by atoms with Crippen molar-refractivity contribution >= 4 is 17.2 Å². The Kier molecular flexibility index (Phi) is 6.53. The number of rotatable bonds is 10. The zero-order chi connectivity index (χ0) is 25.2. The van der Waals surface area contributed by atoms with Crippen molar-refractivity contribution in [3.05, 3.63) is 65.4 Å². The summed E-state index contributed by atoms with van der Waals surface area (Å²) in [6.45, 7) is 5.32. The lowest BCUT2D eigenvalue weighted by Crippen LogP contribution is -2.12. The Morgan fingerprint density at radius 1 is 1.14 bits per heavy atom. The Bertz CT molecular complexity index is 1400. The van der Waals surface area contributed by atoms with Crippen molar-refractivity contribution in [2.75, 3.05) is 18.5 Å². The number of halogens is 2. The molecule has 188 valence electrons. The number of alkyl halides is 2. The third kappa shape index (κ3) is 5.00. The summed E-state index contributed by atoms with van der Waals surface area (Å²) in [6, 6.07) is 8.48. The van der Waals surface area contributed by atoms with Gasteiger partial charge >= 0.3 is 0 Å². The molecule has 11 heteroatoms. The summed E-state index contributed by atoms with van der Waals surface area (Å²) in [4.78, 5) is 17.2. The number of carbonyl (C=O) groups is 1. The fourth-order valence-electron chi connectivity index (χ4n) is 3.96. The van der Waals surface area contributed by atoms with Gasteiger partial charge in [-0.2, -0.15) is 10.2 Å². The molecule has 36 heavy (non-hydrogen) atoms. The Hall–Kier alpha value is -4.02. The van der Waals surface area contributed by atoms with Crippen LogP contribution in [0.5, 0.6) is 11.5 Å². The number of anilines is 1. The van der Waals surface area contributed by atoms with Crippen molar-refractivity contribution in [1.82, 2.24) is 24.4 Å². The Labute approximate surface area is 206 Å². The molecule has 1 fully saturated rings. The van der Waals surface area contributed by atoms with Crippen molar-refractivity contribution in [3.8, 4) is 11.5 Å². The molecule has 5 rings (SSSR count). The number of hydrogen-bond acceptors (Lipinski definition) is 6. The molecule has 1 amide bonds. The monoisotopic (exact) mass is 496 g/mol. The van der Waals surface area contributed by atoms with Gasteiger partial charge in [0.15, 0.2) is 22.8 Å². The minimum Gasteiger partial charge on any atom is -0.490 e. The maximum atomic E-state index is 13.6. The van der Waals surface area contributed by atoms with Crippen molar-refractivity contribution in [3.63, 3.8) is 0 Å². The highest BCUT2D eigenvalue weighted by molar-refractivity contribution is 6.03. The summed E-state index contributed by atoms with van der Waals surface area (Å²) in [5.74, 6) is 1.00. The largest absolute Gasteiger partial charge is 0.490 e. The van der Waals surface area contributed by atoms with Crippen LogP contribution >= 0.6 is 0 Å². The van der Waals surface area contributed by atoms with E-state index in [1.54, 1.807) is 10.9 Å². The van der Waals surface area contributed by atoms with E-state index in [-0.39, 0.29) is 23.0 Å². The summed E-state index contributed by atoms with van der Waals surface area (Å²) < 4.78 is 41.2. The van der Waals surface area contributed by atoms with E-state index in [0.29, 0.717) is 42.6 Å². The molecule has 0 atom stereocenters. The van der Waals surface area contributed by atoms with E-state index < -0.39 is 12.3 Å². The Morgan fingerprint density at radius 2 is 1.92 bits per heavy atom. The number of ether oxygens (including phenoxy) is 2. The third-order valence-corrected chi connectivity index (χ3v) is 5.77. The first-order valence-corrected chi connectivity index (χ1v) is 11.9. The summed E-state index contributed by atoms with van der Waals surface area (Å²) in [6.07, 6.45) is 2.33. The van der Waals surface area contributed by atoms with Crippen LogP contribution in [0.2, 0.25) is 0 Å². The second-order valence-corrected chi connectivity index (χ2v) is 8.51. The molecule has 3 heterocycles. The molecule has 1 aliphatic carbocycles. The average Bonchev–Trinajstić information content (AvgIpc) is 3.47. The lowest BCUT2D eigenvalue weighted by molar-refractivity contribution is 0.102. The molecule has 0 aliphatic heterocycles. The highest BCUT2D eigenvalue weighted by Crippen LogP contribution is 2.40. The molecule has 0 saturated heterocycles. The third-order valence-electron chi connectivity index (χ3n) is 5.77. The van der Waals surface area contributed by atoms with Crippen LogP contribution in [0.25, 0.3) is 5.65 Å². The molecule has 1 N–H and O–H groups in total. The van der Waals surface area contributed by atoms with Gasteiger partial charge in [-0.1, -0.05) is 6.07 Å². The first kappa shape index (κ1) is 23.7. The van der Waals surface area contributed by atoms with Gasteiger partial charge in [-0.05, 0) is 50.5 Å². The fraction of sp³-hybridized carbons (Fsp3) is 0.360. The predicted molar refractivity (Wildman–Crippen MR) is 128 cm³/mol. The smallest absolute Gasteiger partial charge is 0.280 e. The van der Waals surface area contributed by atoms with Gasteiger partial charge in [0.1, 0.15) is 5.69 Å². The summed E-state index contributed by atoms with van der Waals surface area (Å²) in [7, 11) is 0. The minimum atomic E-state index is -2.73. The second-order valence-electron chi connectivity index (χ2n) is 8.51. The zero-order valence-corrected chi connectivity index (χ0v) is 19.9. The van der Waals surface area contributed by atoms with Crippen LogP contribution in [0, 0.1) is 0 Å². The number of nitrogens with one attached hydrogen (secondary N) is 1. The number of benzene rings is 1. The van der Waals surface area contributed by atoms with Gasteiger partial charge in [0.2, 0.25) is 0 Å². The molecule has 0 unspecified atom stereocenters.